The Morgan fingerprint density at radius 2 is 1.71 bits per heavy atom. The smallest absolute Gasteiger partial charge is 0.307 e. The third-order valence-electron chi connectivity index (χ3n) is 2.36. The molecule has 0 saturated heterocycles. The standard InChI is InChI=1S/C12H15Cl2NO2/c1-8(13)15(9(2)14)11-5-3-10(4-6-11)7-12(16)17/h3-6,8-9H,7H2,1-2H3,(H,16,17). The van der Waals surface area contributed by atoms with Crippen LogP contribution in [-0.2, 0) is 11.2 Å². The van der Waals surface area contributed by atoms with Gasteiger partial charge in [0.15, 0.2) is 0 Å². The third-order valence-corrected chi connectivity index (χ3v) is 2.78. The molecule has 1 aromatic rings. The van der Waals surface area contributed by atoms with Crippen LogP contribution in [0.25, 0.3) is 0 Å². The fraction of sp³-hybridized carbons (Fsp3) is 0.417. The van der Waals surface area contributed by atoms with Crippen LogP contribution in [-0.4, -0.2) is 22.1 Å². The van der Waals surface area contributed by atoms with Gasteiger partial charge in [-0.05, 0) is 31.5 Å². The zero-order valence-corrected chi connectivity index (χ0v) is 11.2. The molecular formula is C12H15Cl2NO2. The molecule has 0 bridgehead atoms. The Morgan fingerprint density at radius 3 is 2.06 bits per heavy atom. The minimum absolute atomic E-state index is 0.0210. The van der Waals surface area contributed by atoms with E-state index in [1.165, 1.54) is 0 Å². The van der Waals surface area contributed by atoms with E-state index in [2.05, 4.69) is 0 Å². The zero-order valence-electron chi connectivity index (χ0n) is 9.73. The van der Waals surface area contributed by atoms with Crippen LogP contribution < -0.4 is 4.90 Å². The van der Waals surface area contributed by atoms with Crippen molar-refractivity contribution < 1.29 is 9.90 Å². The van der Waals surface area contributed by atoms with E-state index in [1.54, 1.807) is 12.1 Å². The Hall–Kier alpha value is -0.930. The van der Waals surface area contributed by atoms with E-state index in [0.717, 1.165) is 11.3 Å². The normalized spacial score (nSPS) is 14.1. The largest absolute Gasteiger partial charge is 0.481 e. The molecular weight excluding hydrogens is 261 g/mol. The van der Waals surface area contributed by atoms with Gasteiger partial charge in [-0.1, -0.05) is 35.3 Å². The first kappa shape index (κ1) is 14.1. The van der Waals surface area contributed by atoms with Gasteiger partial charge in [-0.15, -0.1) is 0 Å². The molecule has 0 aliphatic carbocycles. The van der Waals surface area contributed by atoms with Gasteiger partial charge in [-0.2, -0.15) is 0 Å². The van der Waals surface area contributed by atoms with Crippen LogP contribution >= 0.6 is 23.2 Å². The second-order valence-corrected chi connectivity index (χ2v) is 5.06. The highest BCUT2D eigenvalue weighted by Gasteiger charge is 2.16. The van der Waals surface area contributed by atoms with Gasteiger partial charge in [0.1, 0.15) is 11.0 Å². The molecule has 0 spiro atoms. The van der Waals surface area contributed by atoms with Crippen LogP contribution in [0.15, 0.2) is 24.3 Å². The lowest BCUT2D eigenvalue weighted by Crippen LogP contribution is -2.34. The van der Waals surface area contributed by atoms with Crippen molar-refractivity contribution in [1.82, 2.24) is 0 Å². The molecule has 2 atom stereocenters. The lowest BCUT2D eigenvalue weighted by atomic mass is 10.1. The van der Waals surface area contributed by atoms with Crippen molar-refractivity contribution in [3.05, 3.63) is 29.8 Å². The molecule has 0 aliphatic heterocycles. The Labute approximate surface area is 111 Å². The summed E-state index contributed by atoms with van der Waals surface area (Å²) < 4.78 is 0. The van der Waals surface area contributed by atoms with E-state index in [1.807, 2.05) is 30.9 Å². The molecule has 94 valence electrons. The number of aliphatic carboxylic acids is 1. The van der Waals surface area contributed by atoms with Gasteiger partial charge in [0.25, 0.3) is 0 Å². The highest BCUT2D eigenvalue weighted by atomic mass is 35.5. The second-order valence-electron chi connectivity index (χ2n) is 3.79. The summed E-state index contributed by atoms with van der Waals surface area (Å²) in [4.78, 5) is 12.4. The first-order valence-electron chi connectivity index (χ1n) is 5.29. The number of halogens is 2. The third kappa shape index (κ3) is 4.10. The molecule has 1 aromatic carbocycles. The molecule has 1 N–H and O–H groups in total. The average molecular weight is 276 g/mol. The topological polar surface area (TPSA) is 40.5 Å². The van der Waals surface area contributed by atoms with Gasteiger partial charge in [-0.25, -0.2) is 0 Å². The summed E-state index contributed by atoms with van der Waals surface area (Å²) in [5, 5.41) is 8.67. The molecule has 0 saturated carbocycles. The Morgan fingerprint density at radius 1 is 1.24 bits per heavy atom. The first-order valence-corrected chi connectivity index (χ1v) is 6.16. The van der Waals surface area contributed by atoms with E-state index < -0.39 is 5.97 Å². The predicted octanol–water partition coefficient (Wildman–Crippen LogP) is 3.29. The number of anilines is 1. The predicted molar refractivity (Wildman–Crippen MR) is 70.9 cm³/mol. The van der Waals surface area contributed by atoms with E-state index >= 15 is 0 Å². The molecule has 0 fully saturated rings. The number of carboxylic acids is 1. The summed E-state index contributed by atoms with van der Waals surface area (Å²) in [5.74, 6) is -0.842. The molecule has 0 aromatic heterocycles. The van der Waals surface area contributed by atoms with Crippen molar-refractivity contribution in [2.45, 2.75) is 31.3 Å². The molecule has 0 aliphatic rings. The summed E-state index contributed by atoms with van der Waals surface area (Å²) in [5.41, 5.74) is 1.18. The molecule has 17 heavy (non-hydrogen) atoms. The number of nitrogens with zero attached hydrogens (tertiary/aromatic N) is 1. The van der Waals surface area contributed by atoms with Gasteiger partial charge in [0.05, 0.1) is 6.42 Å². The lowest BCUT2D eigenvalue weighted by molar-refractivity contribution is -0.136. The van der Waals surface area contributed by atoms with Gasteiger partial charge < -0.3 is 10.0 Å². The molecule has 3 nitrogen and oxygen atoms in total. The summed E-state index contributed by atoms with van der Waals surface area (Å²) in [7, 11) is 0. The minimum Gasteiger partial charge on any atom is -0.481 e. The first-order chi connectivity index (χ1) is 7.91. The molecule has 0 amide bonds. The number of alkyl halides is 2. The van der Waals surface area contributed by atoms with Crippen LogP contribution in [0.2, 0.25) is 0 Å². The number of carbonyl (C=O) groups is 1. The van der Waals surface area contributed by atoms with Crippen LogP contribution in [0, 0.1) is 0 Å². The monoisotopic (exact) mass is 275 g/mol. The van der Waals surface area contributed by atoms with Crippen molar-refractivity contribution in [2.24, 2.45) is 0 Å². The maximum atomic E-state index is 10.6. The summed E-state index contributed by atoms with van der Waals surface area (Å²) >= 11 is 12.1. The van der Waals surface area contributed by atoms with Crippen LogP contribution in [0.4, 0.5) is 5.69 Å². The van der Waals surface area contributed by atoms with Crippen LogP contribution in [0.1, 0.15) is 19.4 Å². The van der Waals surface area contributed by atoms with Crippen molar-refractivity contribution in [1.29, 1.82) is 0 Å². The van der Waals surface area contributed by atoms with Crippen molar-refractivity contribution >= 4 is 34.9 Å². The highest BCUT2D eigenvalue weighted by molar-refractivity contribution is 6.25. The maximum Gasteiger partial charge on any atom is 0.307 e. The van der Waals surface area contributed by atoms with Gasteiger partial charge >= 0.3 is 5.97 Å². The van der Waals surface area contributed by atoms with E-state index in [9.17, 15) is 4.79 Å². The highest BCUT2D eigenvalue weighted by Crippen LogP contribution is 2.24. The number of hydrogen-bond donors (Lipinski definition) is 1. The van der Waals surface area contributed by atoms with Crippen molar-refractivity contribution in [2.75, 3.05) is 4.90 Å². The van der Waals surface area contributed by atoms with Crippen LogP contribution in [0.3, 0.4) is 0 Å². The van der Waals surface area contributed by atoms with Gasteiger partial charge in [-0.3, -0.25) is 4.79 Å². The molecule has 0 radical (unpaired) electrons. The van der Waals surface area contributed by atoms with Gasteiger partial charge in [0, 0.05) is 5.69 Å². The number of hydrogen-bond acceptors (Lipinski definition) is 2. The minimum atomic E-state index is -0.842. The SMILES string of the molecule is CC(Cl)N(c1ccc(CC(=O)O)cc1)C(C)Cl. The fourth-order valence-corrected chi connectivity index (χ4v) is 2.28. The van der Waals surface area contributed by atoms with Gasteiger partial charge in [0.2, 0.25) is 0 Å². The van der Waals surface area contributed by atoms with Crippen LogP contribution in [0.5, 0.6) is 0 Å². The zero-order chi connectivity index (χ0) is 13.0. The van der Waals surface area contributed by atoms with Crippen molar-refractivity contribution in [3.63, 3.8) is 0 Å². The van der Waals surface area contributed by atoms with Crippen molar-refractivity contribution in [3.8, 4) is 0 Å². The number of carboxylic acid groups (broad SMARTS) is 1. The second kappa shape index (κ2) is 6.12. The van der Waals surface area contributed by atoms with E-state index in [0.29, 0.717) is 0 Å². The fourth-order valence-electron chi connectivity index (χ4n) is 1.65. The number of rotatable bonds is 5. The Kier molecular flexibility index (Phi) is 5.09. The molecule has 2 unspecified atom stereocenters. The quantitative estimate of drug-likeness (QED) is 0.662. The average Bonchev–Trinajstić information content (AvgIpc) is 2.18. The molecule has 5 heteroatoms. The summed E-state index contributed by atoms with van der Waals surface area (Å²) in [6, 6.07) is 7.20. The van der Waals surface area contributed by atoms with E-state index in [-0.39, 0.29) is 17.4 Å². The number of benzene rings is 1. The Bertz CT molecular complexity index is 369. The Balaban J connectivity index is 2.88. The maximum absolute atomic E-state index is 10.6. The summed E-state index contributed by atoms with van der Waals surface area (Å²) in [6.45, 7) is 3.68. The molecule has 0 heterocycles. The lowest BCUT2D eigenvalue weighted by Gasteiger charge is -2.30. The summed E-state index contributed by atoms with van der Waals surface area (Å²) in [6.07, 6.45) is 0.0210. The molecule has 1 rings (SSSR count). The van der Waals surface area contributed by atoms with E-state index in [4.69, 9.17) is 28.3 Å².